The number of rotatable bonds is 3. The molecule has 1 unspecified atom stereocenters. The van der Waals surface area contributed by atoms with E-state index in [9.17, 15) is 18.0 Å². The summed E-state index contributed by atoms with van der Waals surface area (Å²) in [6.45, 7) is 1.83. The summed E-state index contributed by atoms with van der Waals surface area (Å²) in [4.78, 5) is 16.2. The topological polar surface area (TPSA) is 46.4 Å². The second-order valence-electron chi connectivity index (χ2n) is 5.34. The Hall–Kier alpha value is -2.05. The van der Waals surface area contributed by atoms with E-state index in [1.54, 1.807) is 16.7 Å². The number of fused-ring (bicyclic) bond motifs is 1. The maximum atomic E-state index is 13.0. The molecule has 1 saturated carbocycles. The lowest BCUT2D eigenvalue weighted by molar-refractivity contribution is -0.158. The fourth-order valence-corrected chi connectivity index (χ4v) is 2.44. The summed E-state index contributed by atoms with van der Waals surface area (Å²) in [5.41, 5.74) is 1.37. The number of aryl methyl sites for hydroxylation is 1. The van der Waals surface area contributed by atoms with Gasteiger partial charge in [-0.3, -0.25) is 4.79 Å². The lowest BCUT2D eigenvalue weighted by Gasteiger charge is -2.21. The van der Waals surface area contributed by atoms with E-state index in [0.717, 1.165) is 5.69 Å². The van der Waals surface area contributed by atoms with Gasteiger partial charge in [0.05, 0.1) is 5.56 Å². The minimum absolute atomic E-state index is 0.153. The van der Waals surface area contributed by atoms with Gasteiger partial charge in [0, 0.05) is 18.1 Å². The Morgan fingerprint density at radius 2 is 2.14 bits per heavy atom. The van der Waals surface area contributed by atoms with E-state index >= 15 is 0 Å². The third-order valence-electron chi connectivity index (χ3n) is 3.73. The van der Waals surface area contributed by atoms with Crippen molar-refractivity contribution in [3.05, 3.63) is 35.8 Å². The van der Waals surface area contributed by atoms with Gasteiger partial charge in [0.15, 0.2) is 0 Å². The molecule has 0 bridgehead atoms. The number of hydrogen-bond donors (Lipinski definition) is 1. The Kier molecular flexibility index (Phi) is 3.15. The molecule has 1 amide bonds. The third kappa shape index (κ3) is 2.59. The van der Waals surface area contributed by atoms with Gasteiger partial charge in [-0.15, -0.1) is 0 Å². The summed E-state index contributed by atoms with van der Waals surface area (Å²) in [6.07, 6.45) is -0.244. The largest absolute Gasteiger partial charge is 0.408 e. The minimum Gasteiger partial charge on any atom is -0.340 e. The van der Waals surface area contributed by atoms with E-state index in [1.807, 2.05) is 6.92 Å². The lowest BCUT2D eigenvalue weighted by atomic mass is 10.1. The first-order chi connectivity index (χ1) is 9.88. The van der Waals surface area contributed by atoms with E-state index in [0.29, 0.717) is 18.5 Å². The van der Waals surface area contributed by atoms with Crippen molar-refractivity contribution in [3.63, 3.8) is 0 Å². The molecular formula is C14H14F3N3O. The summed E-state index contributed by atoms with van der Waals surface area (Å²) < 4.78 is 40.6. The summed E-state index contributed by atoms with van der Waals surface area (Å²) in [5, 5.41) is 2.12. The van der Waals surface area contributed by atoms with Crippen molar-refractivity contribution in [1.82, 2.24) is 14.7 Å². The van der Waals surface area contributed by atoms with Crippen LogP contribution in [0, 0.1) is 12.8 Å². The molecule has 7 heteroatoms. The van der Waals surface area contributed by atoms with Crippen LogP contribution in [-0.4, -0.2) is 27.5 Å². The Labute approximate surface area is 119 Å². The summed E-state index contributed by atoms with van der Waals surface area (Å²) in [5.74, 6) is -1.24. The van der Waals surface area contributed by atoms with Gasteiger partial charge in [-0.25, -0.2) is 4.98 Å². The van der Waals surface area contributed by atoms with Crippen LogP contribution >= 0.6 is 0 Å². The quantitative estimate of drug-likeness (QED) is 0.947. The van der Waals surface area contributed by atoms with Crippen molar-refractivity contribution >= 4 is 11.6 Å². The monoisotopic (exact) mass is 297 g/mol. The first kappa shape index (κ1) is 13.9. The number of halogens is 3. The normalized spacial score (nSPS) is 17.0. The molecule has 112 valence electrons. The molecule has 3 rings (SSSR count). The predicted molar refractivity (Wildman–Crippen MR) is 70.0 cm³/mol. The zero-order valence-corrected chi connectivity index (χ0v) is 11.3. The van der Waals surface area contributed by atoms with E-state index in [-0.39, 0.29) is 5.56 Å². The molecule has 2 aromatic rings. The smallest absolute Gasteiger partial charge is 0.340 e. The number of hydrogen-bond acceptors (Lipinski definition) is 2. The van der Waals surface area contributed by atoms with Crippen molar-refractivity contribution in [2.24, 2.45) is 5.92 Å². The molecule has 0 saturated heterocycles. The summed E-state index contributed by atoms with van der Waals surface area (Å²) >= 11 is 0. The number of imidazole rings is 1. The number of amides is 1. The van der Waals surface area contributed by atoms with Gasteiger partial charge >= 0.3 is 6.18 Å². The Morgan fingerprint density at radius 1 is 1.43 bits per heavy atom. The second-order valence-corrected chi connectivity index (χ2v) is 5.34. The summed E-state index contributed by atoms with van der Waals surface area (Å²) in [7, 11) is 0. The van der Waals surface area contributed by atoms with Gasteiger partial charge < -0.3 is 9.72 Å². The first-order valence-corrected chi connectivity index (χ1v) is 6.68. The molecule has 1 aliphatic rings. The average molecular weight is 297 g/mol. The van der Waals surface area contributed by atoms with Crippen LogP contribution in [0.4, 0.5) is 13.2 Å². The van der Waals surface area contributed by atoms with Gasteiger partial charge in [-0.1, -0.05) is 0 Å². The van der Waals surface area contributed by atoms with Crippen LogP contribution in [-0.2, 0) is 0 Å². The number of alkyl halides is 3. The van der Waals surface area contributed by atoms with Gasteiger partial charge in [0.2, 0.25) is 0 Å². The number of nitrogens with zero attached hydrogens (tertiary/aromatic N) is 2. The molecular weight excluding hydrogens is 283 g/mol. The van der Waals surface area contributed by atoms with Crippen molar-refractivity contribution < 1.29 is 18.0 Å². The Morgan fingerprint density at radius 3 is 2.76 bits per heavy atom. The van der Waals surface area contributed by atoms with E-state index in [2.05, 4.69) is 10.3 Å². The standard InChI is InChI=1S/C14H14F3N3O/c1-8-2-5-10(12-18-6-7-20(8)12)13(21)19-11(9-3-4-9)14(15,16)17/h2,5-7,9,11H,3-4H2,1H3,(H,19,21). The molecule has 0 aliphatic heterocycles. The molecule has 1 N–H and O–H groups in total. The molecule has 2 aromatic heterocycles. The number of pyridine rings is 1. The van der Waals surface area contributed by atoms with Crippen LogP contribution in [0.3, 0.4) is 0 Å². The highest BCUT2D eigenvalue weighted by Gasteiger charge is 2.49. The highest BCUT2D eigenvalue weighted by atomic mass is 19.4. The van der Waals surface area contributed by atoms with Crippen LogP contribution in [0.15, 0.2) is 24.5 Å². The maximum Gasteiger partial charge on any atom is 0.408 e. The summed E-state index contributed by atoms with van der Waals surface area (Å²) in [6, 6.07) is 1.41. The number of aromatic nitrogens is 2. The number of carbonyl (C=O) groups is 1. The van der Waals surface area contributed by atoms with Crippen molar-refractivity contribution in [1.29, 1.82) is 0 Å². The molecule has 0 spiro atoms. The highest BCUT2D eigenvalue weighted by molar-refractivity contribution is 6.00. The van der Waals surface area contributed by atoms with Gasteiger partial charge in [-0.2, -0.15) is 13.2 Å². The molecule has 1 aliphatic carbocycles. The van der Waals surface area contributed by atoms with Crippen LogP contribution in [0.1, 0.15) is 28.9 Å². The predicted octanol–water partition coefficient (Wildman–Crippen LogP) is 2.71. The maximum absolute atomic E-state index is 13.0. The molecule has 0 radical (unpaired) electrons. The number of nitrogens with one attached hydrogen (secondary N) is 1. The van der Waals surface area contributed by atoms with Crippen LogP contribution in [0.2, 0.25) is 0 Å². The van der Waals surface area contributed by atoms with Crippen LogP contribution in [0.5, 0.6) is 0 Å². The highest BCUT2D eigenvalue weighted by Crippen LogP contribution is 2.40. The van der Waals surface area contributed by atoms with Crippen molar-refractivity contribution in [2.45, 2.75) is 32.0 Å². The SMILES string of the molecule is Cc1ccc(C(=O)NC(C2CC2)C(F)(F)F)c2nccn12. The average Bonchev–Trinajstić information content (AvgIpc) is 3.10. The van der Waals surface area contributed by atoms with Crippen LogP contribution < -0.4 is 5.32 Å². The van der Waals surface area contributed by atoms with E-state index in [4.69, 9.17) is 0 Å². The van der Waals surface area contributed by atoms with Gasteiger partial charge in [0.25, 0.3) is 5.91 Å². The number of carbonyl (C=O) groups excluding carboxylic acids is 1. The zero-order valence-electron chi connectivity index (χ0n) is 11.3. The van der Waals surface area contributed by atoms with Crippen LogP contribution in [0.25, 0.3) is 5.65 Å². The molecule has 0 aromatic carbocycles. The molecule has 4 nitrogen and oxygen atoms in total. The second kappa shape index (κ2) is 4.75. The lowest BCUT2D eigenvalue weighted by Crippen LogP contribution is -2.47. The molecule has 1 atom stereocenters. The van der Waals surface area contributed by atoms with Crippen molar-refractivity contribution in [2.75, 3.05) is 0 Å². The van der Waals surface area contributed by atoms with Gasteiger partial charge in [-0.05, 0) is 37.8 Å². The molecule has 1 fully saturated rings. The fourth-order valence-electron chi connectivity index (χ4n) is 2.44. The third-order valence-corrected chi connectivity index (χ3v) is 3.73. The Balaban J connectivity index is 1.90. The van der Waals surface area contributed by atoms with Crippen molar-refractivity contribution in [3.8, 4) is 0 Å². The minimum atomic E-state index is -4.42. The van der Waals surface area contributed by atoms with E-state index < -0.39 is 24.0 Å². The molecule has 21 heavy (non-hydrogen) atoms. The Bertz CT molecular complexity index is 688. The fraction of sp³-hybridized carbons (Fsp3) is 0.429. The van der Waals surface area contributed by atoms with E-state index in [1.165, 1.54) is 12.3 Å². The first-order valence-electron chi connectivity index (χ1n) is 6.68. The zero-order chi connectivity index (χ0) is 15.2. The molecule has 2 heterocycles. The van der Waals surface area contributed by atoms with Gasteiger partial charge in [0.1, 0.15) is 11.7 Å².